The summed E-state index contributed by atoms with van der Waals surface area (Å²) in [5, 5.41) is 7.13. The lowest BCUT2D eigenvalue weighted by Gasteiger charge is -1.98. The molecule has 1 aromatic heterocycles. The average molecular weight is 172 g/mol. The van der Waals surface area contributed by atoms with Crippen molar-refractivity contribution >= 4 is 0 Å². The summed E-state index contributed by atoms with van der Waals surface area (Å²) in [5.74, 6) is 0. The summed E-state index contributed by atoms with van der Waals surface area (Å²) < 4.78 is 0. The zero-order chi connectivity index (χ0) is 9.10. The molecule has 0 aliphatic heterocycles. The van der Waals surface area contributed by atoms with Crippen molar-refractivity contribution in [3.05, 3.63) is 42.1 Å². The molecule has 0 aliphatic rings. The van der Waals surface area contributed by atoms with Gasteiger partial charge in [-0.15, -0.1) is 0 Å². The molecule has 2 nitrogen and oxygen atoms in total. The first kappa shape index (κ1) is 8.05. The molecule has 13 heavy (non-hydrogen) atoms. The molecule has 2 rings (SSSR count). The minimum atomic E-state index is 1.01. The van der Waals surface area contributed by atoms with Crippen LogP contribution in [0, 0.1) is 0 Å². The van der Waals surface area contributed by atoms with E-state index in [1.54, 1.807) is 0 Å². The first-order valence-electron chi connectivity index (χ1n) is 4.50. The third-order valence-electron chi connectivity index (χ3n) is 2.15. The molecule has 0 bridgehead atoms. The second-order valence-corrected chi connectivity index (χ2v) is 2.98. The average Bonchev–Trinajstić information content (AvgIpc) is 2.67. The van der Waals surface area contributed by atoms with Crippen molar-refractivity contribution in [3.8, 4) is 11.3 Å². The quantitative estimate of drug-likeness (QED) is 0.741. The number of nitrogens with zero attached hydrogens (tertiary/aromatic N) is 1. The fraction of sp³-hybridized carbons (Fsp3) is 0.182. The molecule has 0 saturated heterocycles. The van der Waals surface area contributed by atoms with Gasteiger partial charge in [0.15, 0.2) is 0 Å². The maximum atomic E-state index is 4.23. The predicted octanol–water partition coefficient (Wildman–Crippen LogP) is 2.64. The molecule has 0 unspecified atom stereocenters. The molecule has 0 amide bonds. The topological polar surface area (TPSA) is 28.7 Å². The fourth-order valence-corrected chi connectivity index (χ4v) is 1.43. The summed E-state index contributed by atoms with van der Waals surface area (Å²) in [6.07, 6.45) is 2.98. The third kappa shape index (κ3) is 1.47. The molecule has 0 atom stereocenters. The molecule has 0 spiro atoms. The van der Waals surface area contributed by atoms with Gasteiger partial charge in [0, 0.05) is 11.8 Å². The lowest BCUT2D eigenvalue weighted by molar-refractivity contribution is 1.10. The summed E-state index contributed by atoms with van der Waals surface area (Å²) in [4.78, 5) is 0. The van der Waals surface area contributed by atoms with Crippen LogP contribution in [0.2, 0.25) is 0 Å². The third-order valence-corrected chi connectivity index (χ3v) is 2.15. The molecule has 0 aliphatic carbocycles. The Labute approximate surface area is 77.6 Å². The highest BCUT2D eigenvalue weighted by Gasteiger charge is 2.04. The van der Waals surface area contributed by atoms with Crippen LogP contribution < -0.4 is 0 Å². The molecule has 1 aromatic carbocycles. The number of hydrogen-bond donors (Lipinski definition) is 1. The van der Waals surface area contributed by atoms with E-state index in [0.717, 1.165) is 12.1 Å². The second-order valence-electron chi connectivity index (χ2n) is 2.98. The Bertz CT molecular complexity index is 376. The van der Waals surface area contributed by atoms with E-state index in [9.17, 15) is 0 Å². The lowest BCUT2D eigenvalue weighted by atomic mass is 10.1. The highest BCUT2D eigenvalue weighted by atomic mass is 15.1. The zero-order valence-electron chi connectivity index (χ0n) is 7.62. The highest BCUT2D eigenvalue weighted by Crippen LogP contribution is 2.20. The molecule has 66 valence electrons. The SMILES string of the molecule is CCc1c[nH]nc1-c1ccccc1. The van der Waals surface area contributed by atoms with Crippen LogP contribution in [0.4, 0.5) is 0 Å². The van der Waals surface area contributed by atoms with Gasteiger partial charge in [0.25, 0.3) is 0 Å². The summed E-state index contributed by atoms with van der Waals surface area (Å²) in [6, 6.07) is 10.2. The van der Waals surface area contributed by atoms with Gasteiger partial charge in [-0.1, -0.05) is 37.3 Å². The molecule has 1 N–H and O–H groups in total. The molecular weight excluding hydrogens is 160 g/mol. The summed E-state index contributed by atoms with van der Waals surface area (Å²) in [7, 11) is 0. The Morgan fingerprint density at radius 1 is 1.23 bits per heavy atom. The minimum Gasteiger partial charge on any atom is -0.285 e. The van der Waals surface area contributed by atoms with Crippen molar-refractivity contribution in [3.63, 3.8) is 0 Å². The van der Waals surface area contributed by atoms with Gasteiger partial charge in [0.2, 0.25) is 0 Å². The van der Waals surface area contributed by atoms with E-state index in [4.69, 9.17) is 0 Å². The number of benzene rings is 1. The second kappa shape index (κ2) is 3.44. The molecule has 0 fully saturated rings. The predicted molar refractivity (Wildman–Crippen MR) is 53.4 cm³/mol. The van der Waals surface area contributed by atoms with Crippen LogP contribution in [0.5, 0.6) is 0 Å². The highest BCUT2D eigenvalue weighted by molar-refractivity contribution is 5.62. The maximum Gasteiger partial charge on any atom is 0.0952 e. The van der Waals surface area contributed by atoms with Crippen LogP contribution in [0.25, 0.3) is 11.3 Å². The molecule has 2 aromatic rings. The van der Waals surface area contributed by atoms with Crippen LogP contribution in [-0.2, 0) is 6.42 Å². The zero-order valence-corrected chi connectivity index (χ0v) is 7.62. The summed E-state index contributed by atoms with van der Waals surface area (Å²) in [6.45, 7) is 2.14. The summed E-state index contributed by atoms with van der Waals surface area (Å²) in [5.41, 5.74) is 3.52. The molecule has 0 saturated carbocycles. The van der Waals surface area contributed by atoms with Crippen LogP contribution in [0.1, 0.15) is 12.5 Å². The number of aromatic amines is 1. The summed E-state index contributed by atoms with van der Waals surface area (Å²) >= 11 is 0. The normalized spacial score (nSPS) is 10.2. The Kier molecular flexibility index (Phi) is 2.13. The Morgan fingerprint density at radius 2 is 2.00 bits per heavy atom. The molecule has 1 heterocycles. The first-order chi connectivity index (χ1) is 6.42. The van der Waals surface area contributed by atoms with Gasteiger partial charge < -0.3 is 0 Å². The van der Waals surface area contributed by atoms with Gasteiger partial charge in [-0.05, 0) is 12.0 Å². The minimum absolute atomic E-state index is 1.01. The van der Waals surface area contributed by atoms with Gasteiger partial charge in [0.05, 0.1) is 5.69 Å². The van der Waals surface area contributed by atoms with Crippen molar-refractivity contribution in [2.24, 2.45) is 0 Å². The van der Waals surface area contributed by atoms with E-state index in [1.165, 1.54) is 11.1 Å². The largest absolute Gasteiger partial charge is 0.285 e. The van der Waals surface area contributed by atoms with Crippen LogP contribution in [0.15, 0.2) is 36.5 Å². The van der Waals surface area contributed by atoms with E-state index in [1.807, 2.05) is 24.4 Å². The maximum absolute atomic E-state index is 4.23. The standard InChI is InChI=1S/C11H12N2/c1-2-9-8-12-13-11(9)10-6-4-3-5-7-10/h3-8H,2H2,1H3,(H,12,13). The number of H-pyrrole nitrogens is 1. The molecule has 2 heteroatoms. The Morgan fingerprint density at radius 3 is 2.69 bits per heavy atom. The van der Waals surface area contributed by atoms with E-state index in [0.29, 0.717) is 0 Å². The van der Waals surface area contributed by atoms with Crippen molar-refractivity contribution in [2.45, 2.75) is 13.3 Å². The molecule has 0 radical (unpaired) electrons. The van der Waals surface area contributed by atoms with E-state index in [2.05, 4.69) is 29.3 Å². The van der Waals surface area contributed by atoms with Gasteiger partial charge in [0.1, 0.15) is 0 Å². The van der Waals surface area contributed by atoms with Crippen molar-refractivity contribution in [1.29, 1.82) is 0 Å². The molecular formula is C11H12N2. The Balaban J connectivity index is 2.47. The van der Waals surface area contributed by atoms with Crippen LogP contribution in [0.3, 0.4) is 0 Å². The lowest BCUT2D eigenvalue weighted by Crippen LogP contribution is -1.83. The van der Waals surface area contributed by atoms with E-state index in [-0.39, 0.29) is 0 Å². The van der Waals surface area contributed by atoms with Gasteiger partial charge in [-0.3, -0.25) is 5.10 Å². The number of hydrogen-bond acceptors (Lipinski definition) is 1. The Hall–Kier alpha value is -1.57. The smallest absolute Gasteiger partial charge is 0.0952 e. The number of rotatable bonds is 2. The van der Waals surface area contributed by atoms with Gasteiger partial charge in [-0.2, -0.15) is 5.10 Å². The van der Waals surface area contributed by atoms with Crippen molar-refractivity contribution in [1.82, 2.24) is 10.2 Å². The number of nitrogens with one attached hydrogen (secondary N) is 1. The monoisotopic (exact) mass is 172 g/mol. The van der Waals surface area contributed by atoms with Gasteiger partial charge >= 0.3 is 0 Å². The first-order valence-corrected chi connectivity index (χ1v) is 4.50. The van der Waals surface area contributed by atoms with Crippen LogP contribution in [-0.4, -0.2) is 10.2 Å². The van der Waals surface area contributed by atoms with E-state index < -0.39 is 0 Å². The number of aromatic nitrogens is 2. The van der Waals surface area contributed by atoms with Gasteiger partial charge in [-0.25, -0.2) is 0 Å². The van der Waals surface area contributed by atoms with Crippen LogP contribution >= 0.6 is 0 Å². The van der Waals surface area contributed by atoms with Crippen molar-refractivity contribution in [2.75, 3.05) is 0 Å². The van der Waals surface area contributed by atoms with Crippen molar-refractivity contribution < 1.29 is 0 Å². The number of aryl methyl sites for hydroxylation is 1. The fourth-order valence-electron chi connectivity index (χ4n) is 1.43. The van der Waals surface area contributed by atoms with E-state index >= 15 is 0 Å².